The molecule has 2 aromatic carbocycles. The highest BCUT2D eigenvalue weighted by molar-refractivity contribution is 5.83. The first-order valence-electron chi connectivity index (χ1n) is 9.87. The predicted octanol–water partition coefficient (Wildman–Crippen LogP) is 4.14. The Hall–Kier alpha value is -2.40. The molecule has 2 aromatic rings. The number of nitrogens with two attached hydrogens (primary N) is 1. The number of carbonyl (C=O) groups is 2. The van der Waals surface area contributed by atoms with E-state index in [0.29, 0.717) is 19.4 Å². The minimum absolute atomic E-state index is 0.0623. The minimum Gasteiger partial charge on any atom is -0.469 e. The maximum Gasteiger partial charge on any atom is 0.305 e. The van der Waals surface area contributed by atoms with Gasteiger partial charge in [0.1, 0.15) is 0 Å². The Morgan fingerprint density at radius 2 is 1.64 bits per heavy atom. The maximum absolute atomic E-state index is 11.2. The Bertz CT molecular complexity index is 802. The standard InChI is InChI=1S/C23H31NO4/c1-16(7-12-22(24)25)17(2)28-15-19-9-11-20-13-18(8-10-21(20)14-19)5-4-6-23(26)27-3/h8-11,13-14,16-17H,4-7,12,15H2,1-3H3,(H2,24,25)/t16-,17+/m0/s1. The van der Waals surface area contributed by atoms with Gasteiger partial charge in [-0.05, 0) is 60.1 Å². The lowest BCUT2D eigenvalue weighted by Crippen LogP contribution is -2.20. The van der Waals surface area contributed by atoms with Crippen molar-refractivity contribution in [2.45, 2.75) is 58.7 Å². The molecule has 5 nitrogen and oxygen atoms in total. The lowest BCUT2D eigenvalue weighted by atomic mass is 9.99. The molecule has 2 rings (SSSR count). The zero-order valence-electron chi connectivity index (χ0n) is 17.1. The first-order valence-corrected chi connectivity index (χ1v) is 9.87. The summed E-state index contributed by atoms with van der Waals surface area (Å²) in [5, 5.41) is 2.36. The maximum atomic E-state index is 11.2. The summed E-state index contributed by atoms with van der Waals surface area (Å²) in [4.78, 5) is 22.1. The Morgan fingerprint density at radius 3 is 2.29 bits per heavy atom. The van der Waals surface area contributed by atoms with E-state index >= 15 is 0 Å². The number of esters is 1. The van der Waals surface area contributed by atoms with Crippen molar-refractivity contribution in [3.63, 3.8) is 0 Å². The second kappa shape index (κ2) is 10.8. The molecular formula is C23H31NO4. The summed E-state index contributed by atoms with van der Waals surface area (Å²) in [5.74, 6) is -0.151. The number of amides is 1. The molecule has 0 aliphatic carbocycles. The Balaban J connectivity index is 1.90. The number of carbonyl (C=O) groups excluding carboxylic acids is 2. The van der Waals surface area contributed by atoms with Crippen molar-refractivity contribution in [2.24, 2.45) is 11.7 Å². The van der Waals surface area contributed by atoms with Crippen molar-refractivity contribution in [3.8, 4) is 0 Å². The monoisotopic (exact) mass is 385 g/mol. The van der Waals surface area contributed by atoms with E-state index in [0.717, 1.165) is 24.8 Å². The summed E-state index contributed by atoms with van der Waals surface area (Å²) in [6, 6.07) is 12.7. The summed E-state index contributed by atoms with van der Waals surface area (Å²) in [6.45, 7) is 4.65. The topological polar surface area (TPSA) is 78.6 Å². The number of methoxy groups -OCH3 is 1. The number of benzene rings is 2. The Kier molecular flexibility index (Phi) is 8.45. The Morgan fingerprint density at radius 1 is 1.00 bits per heavy atom. The SMILES string of the molecule is COC(=O)CCCc1ccc2cc(CO[C@H](C)[C@@H](C)CCC(N)=O)ccc2c1. The normalized spacial score (nSPS) is 13.2. The summed E-state index contributed by atoms with van der Waals surface area (Å²) in [7, 11) is 1.42. The zero-order chi connectivity index (χ0) is 20.5. The summed E-state index contributed by atoms with van der Waals surface area (Å²) >= 11 is 0. The largest absolute Gasteiger partial charge is 0.469 e. The highest BCUT2D eigenvalue weighted by atomic mass is 16.5. The van der Waals surface area contributed by atoms with Gasteiger partial charge in [0.15, 0.2) is 0 Å². The fourth-order valence-corrected chi connectivity index (χ4v) is 3.13. The highest BCUT2D eigenvalue weighted by Gasteiger charge is 2.14. The zero-order valence-corrected chi connectivity index (χ0v) is 17.1. The molecule has 0 aliphatic rings. The van der Waals surface area contributed by atoms with Crippen LogP contribution in [-0.2, 0) is 32.1 Å². The molecule has 0 aliphatic heterocycles. The molecule has 0 radical (unpaired) electrons. The second-order valence-electron chi connectivity index (χ2n) is 7.44. The molecule has 152 valence electrons. The molecule has 0 fully saturated rings. The number of ether oxygens (including phenoxy) is 2. The molecule has 0 saturated carbocycles. The lowest BCUT2D eigenvalue weighted by molar-refractivity contribution is -0.140. The van der Waals surface area contributed by atoms with Crippen LogP contribution in [0.15, 0.2) is 36.4 Å². The van der Waals surface area contributed by atoms with Gasteiger partial charge in [0.05, 0.1) is 19.8 Å². The van der Waals surface area contributed by atoms with Gasteiger partial charge in [-0.1, -0.05) is 37.3 Å². The molecule has 1 amide bonds. The van der Waals surface area contributed by atoms with E-state index in [1.165, 1.54) is 23.4 Å². The second-order valence-corrected chi connectivity index (χ2v) is 7.44. The summed E-state index contributed by atoms with van der Waals surface area (Å²) in [5.41, 5.74) is 7.56. The van der Waals surface area contributed by atoms with Crippen LogP contribution in [0.4, 0.5) is 0 Å². The van der Waals surface area contributed by atoms with E-state index in [-0.39, 0.29) is 23.9 Å². The van der Waals surface area contributed by atoms with Crippen LogP contribution in [0.1, 0.15) is 50.7 Å². The van der Waals surface area contributed by atoms with Gasteiger partial charge in [0, 0.05) is 12.8 Å². The molecule has 5 heteroatoms. The van der Waals surface area contributed by atoms with Gasteiger partial charge in [-0.15, -0.1) is 0 Å². The van der Waals surface area contributed by atoms with Crippen LogP contribution < -0.4 is 5.73 Å². The number of fused-ring (bicyclic) bond motifs is 1. The molecule has 2 N–H and O–H groups in total. The van der Waals surface area contributed by atoms with Gasteiger partial charge in [0.2, 0.25) is 5.91 Å². The third-order valence-electron chi connectivity index (χ3n) is 5.20. The van der Waals surface area contributed by atoms with Crippen LogP contribution >= 0.6 is 0 Å². The van der Waals surface area contributed by atoms with Crippen LogP contribution in [0.5, 0.6) is 0 Å². The molecule has 0 aromatic heterocycles. The molecule has 0 bridgehead atoms. The van der Waals surface area contributed by atoms with E-state index in [1.54, 1.807) is 0 Å². The molecule has 2 atom stereocenters. The molecule has 0 saturated heterocycles. The number of hydrogen-bond donors (Lipinski definition) is 1. The van der Waals surface area contributed by atoms with Crippen LogP contribution in [0.25, 0.3) is 10.8 Å². The van der Waals surface area contributed by atoms with Gasteiger partial charge in [0.25, 0.3) is 0 Å². The number of primary amides is 1. The average molecular weight is 386 g/mol. The fraction of sp³-hybridized carbons (Fsp3) is 0.478. The smallest absolute Gasteiger partial charge is 0.305 e. The fourth-order valence-electron chi connectivity index (χ4n) is 3.13. The van der Waals surface area contributed by atoms with Gasteiger partial charge >= 0.3 is 5.97 Å². The highest BCUT2D eigenvalue weighted by Crippen LogP contribution is 2.21. The third-order valence-corrected chi connectivity index (χ3v) is 5.20. The molecular weight excluding hydrogens is 354 g/mol. The van der Waals surface area contributed by atoms with Crippen molar-refractivity contribution < 1.29 is 19.1 Å². The van der Waals surface area contributed by atoms with Crippen molar-refractivity contribution in [1.82, 2.24) is 0 Å². The third kappa shape index (κ3) is 6.97. The van der Waals surface area contributed by atoms with E-state index in [4.69, 9.17) is 10.5 Å². The van der Waals surface area contributed by atoms with Gasteiger partial charge < -0.3 is 15.2 Å². The van der Waals surface area contributed by atoms with Gasteiger partial charge in [-0.2, -0.15) is 0 Å². The quantitative estimate of drug-likeness (QED) is 0.590. The van der Waals surface area contributed by atoms with Crippen molar-refractivity contribution in [3.05, 3.63) is 47.5 Å². The number of rotatable bonds is 11. The average Bonchev–Trinajstić information content (AvgIpc) is 2.69. The molecule has 28 heavy (non-hydrogen) atoms. The van der Waals surface area contributed by atoms with E-state index in [2.05, 4.69) is 48.1 Å². The predicted molar refractivity (Wildman–Crippen MR) is 111 cm³/mol. The molecule has 0 spiro atoms. The molecule has 0 unspecified atom stereocenters. The van der Waals surface area contributed by atoms with Crippen molar-refractivity contribution >= 4 is 22.6 Å². The minimum atomic E-state index is -0.266. The van der Waals surface area contributed by atoms with Crippen LogP contribution in [0.2, 0.25) is 0 Å². The van der Waals surface area contributed by atoms with Crippen LogP contribution in [-0.4, -0.2) is 25.1 Å². The Labute approximate surface area is 167 Å². The summed E-state index contributed by atoms with van der Waals surface area (Å²) in [6.07, 6.45) is 3.29. The van der Waals surface area contributed by atoms with Crippen molar-refractivity contribution in [2.75, 3.05) is 7.11 Å². The van der Waals surface area contributed by atoms with Gasteiger partial charge in [-0.3, -0.25) is 9.59 Å². The van der Waals surface area contributed by atoms with E-state index in [1.807, 2.05) is 6.92 Å². The van der Waals surface area contributed by atoms with Crippen molar-refractivity contribution in [1.29, 1.82) is 0 Å². The first-order chi connectivity index (χ1) is 13.4. The van der Waals surface area contributed by atoms with Crippen LogP contribution in [0, 0.1) is 5.92 Å². The molecule has 0 heterocycles. The summed E-state index contributed by atoms with van der Waals surface area (Å²) < 4.78 is 10.7. The van der Waals surface area contributed by atoms with E-state index in [9.17, 15) is 9.59 Å². The first kappa shape index (κ1) is 21.9. The lowest BCUT2D eigenvalue weighted by Gasteiger charge is -2.20. The van der Waals surface area contributed by atoms with Crippen LogP contribution in [0.3, 0.4) is 0 Å². The number of aryl methyl sites for hydroxylation is 1. The van der Waals surface area contributed by atoms with E-state index < -0.39 is 0 Å². The van der Waals surface area contributed by atoms with Gasteiger partial charge in [-0.25, -0.2) is 0 Å². The number of hydrogen-bond acceptors (Lipinski definition) is 4.